The number of nitrogens with one attached hydrogen (secondary N) is 1. The standard InChI is InChI=1S/C24H23N3O2/c1-16-7-10-20(14-22(16)29-21-11-8-19(26)9-12-21)27-23(28)17-5-4-6-18(13-17)24(2,3)15-25/h4-14H,26H2,1-3H3,(H,27,28). The van der Waals surface area contributed by atoms with Gasteiger partial charge >= 0.3 is 0 Å². The highest BCUT2D eigenvalue weighted by atomic mass is 16.5. The number of rotatable bonds is 5. The topological polar surface area (TPSA) is 88.1 Å². The summed E-state index contributed by atoms with van der Waals surface area (Å²) in [6, 6.07) is 22.0. The molecule has 1 amide bonds. The molecule has 0 aromatic heterocycles. The van der Waals surface area contributed by atoms with E-state index in [9.17, 15) is 10.1 Å². The highest BCUT2D eigenvalue weighted by Crippen LogP contribution is 2.29. The fraction of sp³-hybridized carbons (Fsp3) is 0.167. The van der Waals surface area contributed by atoms with Crippen LogP contribution in [0.3, 0.4) is 0 Å². The summed E-state index contributed by atoms with van der Waals surface area (Å²) in [6.07, 6.45) is 0. The second-order valence-corrected chi connectivity index (χ2v) is 7.42. The van der Waals surface area contributed by atoms with E-state index < -0.39 is 5.41 Å². The first-order valence-corrected chi connectivity index (χ1v) is 9.26. The van der Waals surface area contributed by atoms with Gasteiger partial charge in [-0.3, -0.25) is 4.79 Å². The van der Waals surface area contributed by atoms with E-state index in [1.807, 2.05) is 39.0 Å². The summed E-state index contributed by atoms with van der Waals surface area (Å²) >= 11 is 0. The number of anilines is 2. The molecule has 0 saturated carbocycles. The molecule has 146 valence electrons. The number of carbonyl (C=O) groups excluding carboxylic acids is 1. The van der Waals surface area contributed by atoms with E-state index in [0.717, 1.165) is 11.1 Å². The van der Waals surface area contributed by atoms with E-state index in [1.165, 1.54) is 0 Å². The molecule has 0 atom stereocenters. The Morgan fingerprint density at radius 1 is 1.07 bits per heavy atom. The minimum Gasteiger partial charge on any atom is -0.457 e. The lowest BCUT2D eigenvalue weighted by Gasteiger charge is -2.17. The highest BCUT2D eigenvalue weighted by molar-refractivity contribution is 6.04. The van der Waals surface area contributed by atoms with E-state index in [-0.39, 0.29) is 5.91 Å². The number of nitrogens with two attached hydrogens (primary N) is 1. The van der Waals surface area contributed by atoms with Crippen LogP contribution in [0.4, 0.5) is 11.4 Å². The van der Waals surface area contributed by atoms with Crippen molar-refractivity contribution in [2.75, 3.05) is 11.1 Å². The van der Waals surface area contributed by atoms with Gasteiger partial charge < -0.3 is 15.8 Å². The Balaban J connectivity index is 1.80. The average Bonchev–Trinajstić information content (AvgIpc) is 2.72. The molecule has 0 unspecified atom stereocenters. The van der Waals surface area contributed by atoms with Gasteiger partial charge in [-0.15, -0.1) is 0 Å². The van der Waals surface area contributed by atoms with Gasteiger partial charge in [0, 0.05) is 23.0 Å². The lowest BCUT2D eigenvalue weighted by atomic mass is 9.85. The van der Waals surface area contributed by atoms with Crippen LogP contribution in [0.1, 0.15) is 35.3 Å². The molecule has 5 heteroatoms. The van der Waals surface area contributed by atoms with Crippen LogP contribution in [0, 0.1) is 18.3 Å². The van der Waals surface area contributed by atoms with E-state index in [2.05, 4.69) is 11.4 Å². The average molecular weight is 385 g/mol. The number of hydrogen-bond acceptors (Lipinski definition) is 4. The third kappa shape index (κ3) is 4.74. The van der Waals surface area contributed by atoms with Crippen LogP contribution in [0.25, 0.3) is 0 Å². The Morgan fingerprint density at radius 2 is 1.79 bits per heavy atom. The van der Waals surface area contributed by atoms with Crippen LogP contribution in [0.2, 0.25) is 0 Å². The van der Waals surface area contributed by atoms with Gasteiger partial charge in [-0.1, -0.05) is 18.2 Å². The Kier molecular flexibility index (Phi) is 5.56. The van der Waals surface area contributed by atoms with Crippen molar-refractivity contribution in [3.8, 4) is 17.6 Å². The number of benzene rings is 3. The van der Waals surface area contributed by atoms with Gasteiger partial charge in [0.05, 0.1) is 11.5 Å². The van der Waals surface area contributed by atoms with Gasteiger partial charge in [0.15, 0.2) is 0 Å². The number of aryl methyl sites for hydroxylation is 1. The zero-order valence-electron chi connectivity index (χ0n) is 16.7. The smallest absolute Gasteiger partial charge is 0.255 e. The van der Waals surface area contributed by atoms with Crippen molar-refractivity contribution in [3.05, 3.63) is 83.4 Å². The number of nitriles is 1. The Morgan fingerprint density at radius 3 is 2.48 bits per heavy atom. The predicted octanol–water partition coefficient (Wildman–Crippen LogP) is 5.42. The maximum Gasteiger partial charge on any atom is 0.255 e. The van der Waals surface area contributed by atoms with Crippen molar-refractivity contribution < 1.29 is 9.53 Å². The number of ether oxygens (including phenoxy) is 1. The number of nitrogens with zero attached hydrogens (tertiary/aromatic N) is 1. The van der Waals surface area contributed by atoms with E-state index in [0.29, 0.717) is 28.4 Å². The number of nitrogen functional groups attached to an aromatic ring is 1. The molecule has 0 radical (unpaired) electrons. The lowest BCUT2D eigenvalue weighted by Crippen LogP contribution is -2.17. The normalized spacial score (nSPS) is 10.8. The molecule has 3 N–H and O–H groups in total. The van der Waals surface area contributed by atoms with Crippen molar-refractivity contribution >= 4 is 17.3 Å². The number of carbonyl (C=O) groups is 1. The lowest BCUT2D eigenvalue weighted by molar-refractivity contribution is 0.102. The maximum absolute atomic E-state index is 12.7. The van der Waals surface area contributed by atoms with E-state index in [4.69, 9.17) is 10.5 Å². The molecule has 0 bridgehead atoms. The monoisotopic (exact) mass is 385 g/mol. The largest absolute Gasteiger partial charge is 0.457 e. The van der Waals surface area contributed by atoms with Crippen LogP contribution in [0.5, 0.6) is 11.5 Å². The van der Waals surface area contributed by atoms with Gasteiger partial charge in [-0.25, -0.2) is 0 Å². The Hall–Kier alpha value is -3.78. The minimum absolute atomic E-state index is 0.247. The first kappa shape index (κ1) is 20.0. The molecule has 0 aliphatic rings. The van der Waals surface area contributed by atoms with Crippen molar-refractivity contribution in [3.63, 3.8) is 0 Å². The van der Waals surface area contributed by atoms with Gasteiger partial charge in [-0.2, -0.15) is 5.26 Å². The van der Waals surface area contributed by atoms with E-state index >= 15 is 0 Å². The fourth-order valence-corrected chi connectivity index (χ4v) is 2.77. The van der Waals surface area contributed by atoms with Crippen molar-refractivity contribution in [2.45, 2.75) is 26.2 Å². The molecule has 0 saturated heterocycles. The molecule has 0 fully saturated rings. The molecule has 0 aliphatic heterocycles. The molecule has 3 aromatic rings. The zero-order valence-corrected chi connectivity index (χ0v) is 16.7. The van der Waals surface area contributed by atoms with E-state index in [1.54, 1.807) is 48.5 Å². The second kappa shape index (κ2) is 8.07. The van der Waals surface area contributed by atoms with Gasteiger partial charge in [0.25, 0.3) is 5.91 Å². The van der Waals surface area contributed by atoms with Crippen LogP contribution in [-0.2, 0) is 5.41 Å². The molecule has 29 heavy (non-hydrogen) atoms. The van der Waals surface area contributed by atoms with Crippen LogP contribution in [-0.4, -0.2) is 5.91 Å². The summed E-state index contributed by atoms with van der Waals surface area (Å²) < 4.78 is 5.93. The quantitative estimate of drug-likeness (QED) is 0.574. The van der Waals surface area contributed by atoms with Crippen molar-refractivity contribution in [2.24, 2.45) is 0 Å². The summed E-state index contributed by atoms with van der Waals surface area (Å²) in [6.45, 7) is 5.58. The molecule has 3 aromatic carbocycles. The molecular formula is C24H23N3O2. The molecule has 0 spiro atoms. The van der Waals surface area contributed by atoms with Gasteiger partial charge in [0.2, 0.25) is 0 Å². The van der Waals surface area contributed by atoms with Crippen LogP contribution < -0.4 is 15.8 Å². The summed E-state index contributed by atoms with van der Waals surface area (Å²) in [7, 11) is 0. The SMILES string of the molecule is Cc1ccc(NC(=O)c2cccc(C(C)(C)C#N)c2)cc1Oc1ccc(N)cc1. The van der Waals surface area contributed by atoms with Crippen molar-refractivity contribution in [1.82, 2.24) is 0 Å². The third-order valence-electron chi connectivity index (χ3n) is 4.68. The fourth-order valence-electron chi connectivity index (χ4n) is 2.77. The summed E-state index contributed by atoms with van der Waals surface area (Å²) in [4.78, 5) is 12.7. The summed E-state index contributed by atoms with van der Waals surface area (Å²) in [5.41, 5.74) is 8.56. The highest BCUT2D eigenvalue weighted by Gasteiger charge is 2.21. The molecule has 3 rings (SSSR count). The number of amides is 1. The maximum atomic E-state index is 12.7. The zero-order chi connectivity index (χ0) is 21.0. The van der Waals surface area contributed by atoms with Crippen molar-refractivity contribution in [1.29, 1.82) is 5.26 Å². The molecule has 0 heterocycles. The first-order chi connectivity index (χ1) is 13.8. The molecular weight excluding hydrogens is 362 g/mol. The summed E-state index contributed by atoms with van der Waals surface area (Å²) in [5, 5.41) is 12.2. The van der Waals surface area contributed by atoms with Crippen LogP contribution in [0.15, 0.2) is 66.7 Å². The second-order valence-electron chi connectivity index (χ2n) is 7.42. The van der Waals surface area contributed by atoms with Gasteiger partial charge in [-0.05, 0) is 74.4 Å². The Bertz CT molecular complexity index is 1080. The third-order valence-corrected chi connectivity index (χ3v) is 4.68. The number of hydrogen-bond donors (Lipinski definition) is 2. The minimum atomic E-state index is -0.666. The van der Waals surface area contributed by atoms with Crippen LogP contribution >= 0.6 is 0 Å². The van der Waals surface area contributed by atoms with Gasteiger partial charge in [0.1, 0.15) is 11.5 Å². The Labute approximate surface area is 170 Å². The summed E-state index contributed by atoms with van der Waals surface area (Å²) in [5.74, 6) is 1.06. The first-order valence-electron chi connectivity index (χ1n) is 9.26. The molecule has 5 nitrogen and oxygen atoms in total. The predicted molar refractivity (Wildman–Crippen MR) is 115 cm³/mol. The molecule has 0 aliphatic carbocycles.